The second-order valence-corrected chi connectivity index (χ2v) is 7.11. The SMILES string of the molecule is O=S(=O)(NC1CCC(O)CC1)C1CCNCC1. The van der Waals surface area contributed by atoms with Gasteiger partial charge in [0.15, 0.2) is 0 Å². The average Bonchev–Trinajstić information content (AvgIpc) is 2.33. The highest BCUT2D eigenvalue weighted by atomic mass is 32.2. The standard InChI is InChI=1S/C11H22N2O3S/c14-10-3-1-9(2-4-10)13-17(15,16)11-5-7-12-8-6-11/h9-14H,1-8H2. The maximum atomic E-state index is 12.1. The Morgan fingerprint density at radius 3 is 2.18 bits per heavy atom. The summed E-state index contributed by atoms with van der Waals surface area (Å²) in [5.41, 5.74) is 0. The molecule has 5 nitrogen and oxygen atoms in total. The molecule has 3 N–H and O–H groups in total. The van der Waals surface area contributed by atoms with E-state index in [0.29, 0.717) is 25.7 Å². The van der Waals surface area contributed by atoms with Crippen molar-refractivity contribution >= 4 is 10.0 Å². The number of aliphatic hydroxyl groups excluding tert-OH is 1. The molecule has 0 aromatic rings. The zero-order chi connectivity index (χ0) is 12.3. The summed E-state index contributed by atoms with van der Waals surface area (Å²) in [6.45, 7) is 1.57. The largest absolute Gasteiger partial charge is 0.393 e. The van der Waals surface area contributed by atoms with E-state index in [4.69, 9.17) is 0 Å². The molecule has 0 aromatic carbocycles. The molecule has 2 fully saturated rings. The van der Waals surface area contributed by atoms with Crippen LogP contribution >= 0.6 is 0 Å². The summed E-state index contributed by atoms with van der Waals surface area (Å²) in [6.07, 6.45) is 4.08. The molecule has 2 aliphatic rings. The minimum atomic E-state index is -3.17. The zero-order valence-electron chi connectivity index (χ0n) is 10.1. The predicted octanol–water partition coefficient (Wildman–Crippen LogP) is -0.0387. The van der Waals surface area contributed by atoms with E-state index in [-0.39, 0.29) is 17.4 Å². The topological polar surface area (TPSA) is 78.4 Å². The van der Waals surface area contributed by atoms with Crippen molar-refractivity contribution in [2.75, 3.05) is 13.1 Å². The molecular weight excluding hydrogens is 240 g/mol. The van der Waals surface area contributed by atoms with Gasteiger partial charge in [0.1, 0.15) is 0 Å². The number of piperidine rings is 1. The fourth-order valence-corrected chi connectivity index (χ4v) is 4.38. The summed E-state index contributed by atoms with van der Waals surface area (Å²) in [7, 11) is -3.17. The zero-order valence-corrected chi connectivity index (χ0v) is 10.9. The smallest absolute Gasteiger partial charge is 0.214 e. The summed E-state index contributed by atoms with van der Waals surface area (Å²) in [5.74, 6) is 0. The van der Waals surface area contributed by atoms with Gasteiger partial charge in [-0.25, -0.2) is 13.1 Å². The Balaban J connectivity index is 1.88. The third kappa shape index (κ3) is 3.64. The van der Waals surface area contributed by atoms with Crippen LogP contribution in [0.5, 0.6) is 0 Å². The molecule has 0 bridgehead atoms. The van der Waals surface area contributed by atoms with Crippen molar-refractivity contribution in [3.8, 4) is 0 Å². The Hall–Kier alpha value is -0.170. The first-order valence-corrected chi connectivity index (χ1v) is 8.02. The lowest BCUT2D eigenvalue weighted by Crippen LogP contribution is -2.46. The predicted molar refractivity (Wildman–Crippen MR) is 66.2 cm³/mol. The molecule has 0 radical (unpaired) electrons. The van der Waals surface area contributed by atoms with Crippen LogP contribution in [0.2, 0.25) is 0 Å². The van der Waals surface area contributed by atoms with Crippen LogP contribution in [0.3, 0.4) is 0 Å². The molecule has 1 saturated heterocycles. The maximum absolute atomic E-state index is 12.1. The molecule has 0 unspecified atom stereocenters. The van der Waals surface area contributed by atoms with Gasteiger partial charge < -0.3 is 10.4 Å². The summed E-state index contributed by atoms with van der Waals surface area (Å²) in [5, 5.41) is 12.3. The summed E-state index contributed by atoms with van der Waals surface area (Å²) >= 11 is 0. The number of nitrogens with one attached hydrogen (secondary N) is 2. The van der Waals surface area contributed by atoms with E-state index in [1.165, 1.54) is 0 Å². The van der Waals surface area contributed by atoms with Gasteiger partial charge in [-0.3, -0.25) is 0 Å². The van der Waals surface area contributed by atoms with Gasteiger partial charge >= 0.3 is 0 Å². The molecule has 0 spiro atoms. The summed E-state index contributed by atoms with van der Waals surface area (Å²) < 4.78 is 27.1. The highest BCUT2D eigenvalue weighted by Gasteiger charge is 2.30. The fourth-order valence-electron chi connectivity index (χ4n) is 2.63. The highest BCUT2D eigenvalue weighted by molar-refractivity contribution is 7.90. The summed E-state index contributed by atoms with van der Waals surface area (Å²) in [6, 6.07) is 0.0262. The number of hydrogen-bond acceptors (Lipinski definition) is 4. The molecule has 0 aromatic heterocycles. The van der Waals surface area contributed by atoms with Gasteiger partial charge in [-0.05, 0) is 51.6 Å². The quantitative estimate of drug-likeness (QED) is 0.667. The van der Waals surface area contributed by atoms with Crippen molar-refractivity contribution in [2.24, 2.45) is 0 Å². The van der Waals surface area contributed by atoms with E-state index < -0.39 is 10.0 Å². The maximum Gasteiger partial charge on any atom is 0.214 e. The van der Waals surface area contributed by atoms with Crippen molar-refractivity contribution in [1.29, 1.82) is 0 Å². The van der Waals surface area contributed by atoms with E-state index in [2.05, 4.69) is 10.0 Å². The monoisotopic (exact) mass is 262 g/mol. The first-order chi connectivity index (χ1) is 8.08. The molecule has 1 aliphatic heterocycles. The van der Waals surface area contributed by atoms with Crippen LogP contribution < -0.4 is 10.0 Å². The van der Waals surface area contributed by atoms with E-state index in [1.54, 1.807) is 0 Å². The molecule has 2 rings (SSSR count). The molecule has 1 aliphatic carbocycles. The Bertz CT molecular complexity index is 331. The van der Waals surface area contributed by atoms with Crippen molar-refractivity contribution in [3.63, 3.8) is 0 Å². The third-order valence-corrected chi connectivity index (χ3v) is 5.76. The molecular formula is C11H22N2O3S. The van der Waals surface area contributed by atoms with Crippen LogP contribution in [0, 0.1) is 0 Å². The van der Waals surface area contributed by atoms with Gasteiger partial charge in [0, 0.05) is 6.04 Å². The van der Waals surface area contributed by atoms with Crippen LogP contribution in [-0.4, -0.2) is 44.0 Å². The molecule has 0 amide bonds. The lowest BCUT2D eigenvalue weighted by atomic mass is 9.94. The normalized spacial score (nSPS) is 32.5. The lowest BCUT2D eigenvalue weighted by Gasteiger charge is -2.29. The Labute approximate surface area is 103 Å². The number of rotatable bonds is 3. The number of hydrogen-bond donors (Lipinski definition) is 3. The Morgan fingerprint density at radius 1 is 1.00 bits per heavy atom. The first kappa shape index (κ1) is 13.3. The van der Waals surface area contributed by atoms with E-state index in [0.717, 1.165) is 25.9 Å². The van der Waals surface area contributed by atoms with Gasteiger partial charge in [0.05, 0.1) is 11.4 Å². The number of aliphatic hydroxyl groups is 1. The fraction of sp³-hybridized carbons (Fsp3) is 1.00. The van der Waals surface area contributed by atoms with Crippen LogP contribution in [0.15, 0.2) is 0 Å². The minimum Gasteiger partial charge on any atom is -0.393 e. The van der Waals surface area contributed by atoms with Crippen molar-refractivity contribution in [1.82, 2.24) is 10.0 Å². The average molecular weight is 262 g/mol. The van der Waals surface area contributed by atoms with E-state index >= 15 is 0 Å². The Morgan fingerprint density at radius 2 is 1.59 bits per heavy atom. The molecule has 17 heavy (non-hydrogen) atoms. The van der Waals surface area contributed by atoms with Gasteiger partial charge in [0.25, 0.3) is 0 Å². The van der Waals surface area contributed by atoms with Gasteiger partial charge in [-0.1, -0.05) is 0 Å². The second-order valence-electron chi connectivity index (χ2n) is 5.12. The van der Waals surface area contributed by atoms with Crippen molar-refractivity contribution in [2.45, 2.75) is 55.9 Å². The lowest BCUT2D eigenvalue weighted by molar-refractivity contribution is 0.120. The summed E-state index contributed by atoms with van der Waals surface area (Å²) in [4.78, 5) is 0. The van der Waals surface area contributed by atoms with E-state index in [1.807, 2.05) is 0 Å². The molecule has 1 saturated carbocycles. The number of sulfonamides is 1. The molecule has 100 valence electrons. The second kappa shape index (κ2) is 5.65. The van der Waals surface area contributed by atoms with Crippen molar-refractivity contribution < 1.29 is 13.5 Å². The Kier molecular flexibility index (Phi) is 4.41. The van der Waals surface area contributed by atoms with Crippen LogP contribution in [0.4, 0.5) is 0 Å². The van der Waals surface area contributed by atoms with Gasteiger partial charge in [0.2, 0.25) is 10.0 Å². The first-order valence-electron chi connectivity index (χ1n) is 6.48. The van der Waals surface area contributed by atoms with Crippen LogP contribution in [0.1, 0.15) is 38.5 Å². The molecule has 1 heterocycles. The highest BCUT2D eigenvalue weighted by Crippen LogP contribution is 2.21. The third-order valence-electron chi connectivity index (χ3n) is 3.75. The molecule has 0 atom stereocenters. The van der Waals surface area contributed by atoms with Crippen LogP contribution in [-0.2, 0) is 10.0 Å². The van der Waals surface area contributed by atoms with Crippen molar-refractivity contribution in [3.05, 3.63) is 0 Å². The van der Waals surface area contributed by atoms with Crippen LogP contribution in [0.25, 0.3) is 0 Å². The van der Waals surface area contributed by atoms with Gasteiger partial charge in [-0.2, -0.15) is 0 Å². The van der Waals surface area contributed by atoms with E-state index in [9.17, 15) is 13.5 Å². The molecule has 6 heteroatoms. The van der Waals surface area contributed by atoms with Gasteiger partial charge in [-0.15, -0.1) is 0 Å². The minimum absolute atomic E-state index is 0.0262.